The average Bonchev–Trinajstić information content (AvgIpc) is 2.19. The monoisotopic (exact) mass is 203 g/mol. The van der Waals surface area contributed by atoms with E-state index < -0.39 is 0 Å². The highest BCUT2D eigenvalue weighted by Crippen LogP contribution is 2.22. The van der Waals surface area contributed by atoms with Crippen LogP contribution in [0.15, 0.2) is 42.5 Å². The van der Waals surface area contributed by atoms with Gasteiger partial charge in [-0.25, -0.2) is 4.98 Å². The van der Waals surface area contributed by atoms with E-state index in [2.05, 4.69) is 17.1 Å². The lowest BCUT2D eigenvalue weighted by atomic mass is 10.1. The maximum atomic E-state index is 5.79. The van der Waals surface area contributed by atoms with E-state index in [0.717, 1.165) is 11.3 Å². The Morgan fingerprint density at radius 1 is 1.00 bits per heavy atom. The molecule has 1 nitrogen and oxygen atoms in total. The number of hydrogen-bond donors (Lipinski definition) is 0. The zero-order valence-electron chi connectivity index (χ0n) is 7.87. The van der Waals surface area contributed by atoms with Crippen LogP contribution in [0.1, 0.15) is 5.69 Å². The van der Waals surface area contributed by atoms with Crippen molar-refractivity contribution in [3.05, 3.63) is 53.3 Å². The van der Waals surface area contributed by atoms with E-state index in [1.807, 2.05) is 37.3 Å². The molecule has 1 aromatic heterocycles. The Balaban J connectivity index is 2.53. The summed E-state index contributed by atoms with van der Waals surface area (Å²) in [4.78, 5) is 4.22. The fourth-order valence-electron chi connectivity index (χ4n) is 1.45. The summed E-state index contributed by atoms with van der Waals surface area (Å²) < 4.78 is 0. The molecule has 0 unspecified atom stereocenters. The normalized spacial score (nSPS) is 10.1. The number of halogens is 1. The van der Waals surface area contributed by atoms with Gasteiger partial charge in [0.1, 0.15) is 5.15 Å². The molecule has 2 aromatic rings. The fraction of sp³-hybridized carbons (Fsp3) is 0.0833. The molecule has 0 atom stereocenters. The Labute approximate surface area is 88.4 Å². The molecule has 2 rings (SSSR count). The predicted octanol–water partition coefficient (Wildman–Crippen LogP) is 3.71. The molecule has 14 heavy (non-hydrogen) atoms. The lowest BCUT2D eigenvalue weighted by Gasteiger charge is -2.04. The van der Waals surface area contributed by atoms with Gasteiger partial charge in [-0.3, -0.25) is 0 Å². The molecule has 1 aromatic carbocycles. The van der Waals surface area contributed by atoms with Crippen molar-refractivity contribution < 1.29 is 0 Å². The summed E-state index contributed by atoms with van der Waals surface area (Å²) in [6.45, 7) is 1.97. The molecule has 0 radical (unpaired) electrons. The number of rotatable bonds is 1. The van der Waals surface area contributed by atoms with E-state index in [1.165, 1.54) is 5.56 Å². The molecule has 0 saturated heterocycles. The Morgan fingerprint density at radius 3 is 2.36 bits per heavy atom. The number of aryl methyl sites for hydroxylation is 1. The summed E-state index contributed by atoms with van der Waals surface area (Å²) in [5.41, 5.74) is 3.27. The van der Waals surface area contributed by atoms with Crippen LogP contribution in [-0.2, 0) is 0 Å². The van der Waals surface area contributed by atoms with Crippen LogP contribution in [-0.4, -0.2) is 4.98 Å². The fourth-order valence-corrected chi connectivity index (χ4v) is 1.64. The van der Waals surface area contributed by atoms with Gasteiger partial charge in [-0.1, -0.05) is 41.9 Å². The average molecular weight is 204 g/mol. The van der Waals surface area contributed by atoms with Crippen LogP contribution in [0.4, 0.5) is 0 Å². The van der Waals surface area contributed by atoms with Gasteiger partial charge >= 0.3 is 0 Å². The number of pyridine rings is 1. The second-order valence-electron chi connectivity index (χ2n) is 3.13. The van der Waals surface area contributed by atoms with Crippen molar-refractivity contribution in [3.63, 3.8) is 0 Å². The van der Waals surface area contributed by atoms with Gasteiger partial charge in [-0.2, -0.15) is 0 Å². The molecule has 0 saturated carbocycles. The Kier molecular flexibility index (Phi) is 2.51. The molecule has 0 N–H and O–H groups in total. The number of hydrogen-bond acceptors (Lipinski definition) is 1. The van der Waals surface area contributed by atoms with Gasteiger partial charge in [0.15, 0.2) is 0 Å². The lowest BCUT2D eigenvalue weighted by molar-refractivity contribution is 1.20. The molecule has 0 fully saturated rings. The smallest absolute Gasteiger partial charge is 0.129 e. The van der Waals surface area contributed by atoms with Crippen molar-refractivity contribution in [2.75, 3.05) is 0 Å². The second kappa shape index (κ2) is 3.81. The van der Waals surface area contributed by atoms with Gasteiger partial charge in [0, 0.05) is 11.3 Å². The molecule has 2 heteroatoms. The highest BCUT2D eigenvalue weighted by molar-refractivity contribution is 6.29. The second-order valence-corrected chi connectivity index (χ2v) is 3.52. The van der Waals surface area contributed by atoms with Crippen LogP contribution in [0, 0.1) is 6.92 Å². The molecule has 70 valence electrons. The van der Waals surface area contributed by atoms with Crippen LogP contribution in [0.3, 0.4) is 0 Å². The van der Waals surface area contributed by atoms with E-state index in [-0.39, 0.29) is 0 Å². The van der Waals surface area contributed by atoms with Crippen molar-refractivity contribution in [3.8, 4) is 11.1 Å². The van der Waals surface area contributed by atoms with E-state index in [9.17, 15) is 0 Å². The molecule has 1 heterocycles. The van der Waals surface area contributed by atoms with Crippen LogP contribution in [0.25, 0.3) is 11.1 Å². The molecule has 0 amide bonds. The highest BCUT2D eigenvalue weighted by atomic mass is 35.5. The Bertz CT molecular complexity index is 437. The molecular weight excluding hydrogens is 194 g/mol. The van der Waals surface area contributed by atoms with E-state index in [1.54, 1.807) is 0 Å². The van der Waals surface area contributed by atoms with E-state index >= 15 is 0 Å². The molecule has 0 spiro atoms. The van der Waals surface area contributed by atoms with Crippen molar-refractivity contribution in [2.24, 2.45) is 0 Å². The maximum absolute atomic E-state index is 5.79. The Morgan fingerprint density at radius 2 is 1.71 bits per heavy atom. The zero-order chi connectivity index (χ0) is 9.97. The van der Waals surface area contributed by atoms with Gasteiger partial charge in [0.2, 0.25) is 0 Å². The van der Waals surface area contributed by atoms with Crippen molar-refractivity contribution >= 4 is 11.6 Å². The summed E-state index contributed by atoms with van der Waals surface area (Å²) in [7, 11) is 0. The predicted molar refractivity (Wildman–Crippen MR) is 59.4 cm³/mol. The largest absolute Gasteiger partial charge is 0.241 e. The number of aromatic nitrogens is 1. The first-order valence-corrected chi connectivity index (χ1v) is 4.84. The first-order valence-electron chi connectivity index (χ1n) is 4.46. The summed E-state index contributed by atoms with van der Waals surface area (Å²) >= 11 is 5.79. The van der Waals surface area contributed by atoms with Crippen LogP contribution in [0.5, 0.6) is 0 Å². The molecule has 0 bridgehead atoms. The SMILES string of the molecule is Cc1nc(Cl)ccc1-c1ccccc1. The van der Waals surface area contributed by atoms with Crippen LogP contribution in [0.2, 0.25) is 5.15 Å². The van der Waals surface area contributed by atoms with Crippen molar-refractivity contribution in [1.82, 2.24) is 4.98 Å². The third kappa shape index (κ3) is 1.78. The quantitative estimate of drug-likeness (QED) is 0.644. The standard InChI is InChI=1S/C12H10ClN/c1-9-11(7-8-12(13)14-9)10-5-3-2-4-6-10/h2-8H,1H3. The highest BCUT2D eigenvalue weighted by Gasteiger charge is 2.02. The van der Waals surface area contributed by atoms with Crippen LogP contribution >= 0.6 is 11.6 Å². The van der Waals surface area contributed by atoms with Crippen LogP contribution < -0.4 is 0 Å². The van der Waals surface area contributed by atoms with E-state index in [0.29, 0.717) is 5.15 Å². The minimum absolute atomic E-state index is 0.544. The lowest BCUT2D eigenvalue weighted by Crippen LogP contribution is -1.87. The topological polar surface area (TPSA) is 12.9 Å². The van der Waals surface area contributed by atoms with Gasteiger partial charge in [0.25, 0.3) is 0 Å². The van der Waals surface area contributed by atoms with Gasteiger partial charge in [-0.05, 0) is 24.6 Å². The van der Waals surface area contributed by atoms with Gasteiger partial charge < -0.3 is 0 Å². The molecule has 0 aliphatic rings. The van der Waals surface area contributed by atoms with Gasteiger partial charge in [-0.15, -0.1) is 0 Å². The summed E-state index contributed by atoms with van der Waals surface area (Å²) in [5.74, 6) is 0. The third-order valence-electron chi connectivity index (χ3n) is 2.14. The molecule has 0 aliphatic carbocycles. The van der Waals surface area contributed by atoms with Gasteiger partial charge in [0.05, 0.1) is 0 Å². The Hall–Kier alpha value is -1.34. The first kappa shape index (κ1) is 9.22. The number of nitrogens with zero attached hydrogens (tertiary/aromatic N) is 1. The van der Waals surface area contributed by atoms with Crippen molar-refractivity contribution in [1.29, 1.82) is 0 Å². The minimum Gasteiger partial charge on any atom is -0.241 e. The minimum atomic E-state index is 0.544. The third-order valence-corrected chi connectivity index (χ3v) is 2.35. The number of benzene rings is 1. The summed E-state index contributed by atoms with van der Waals surface area (Å²) in [6, 6.07) is 14.0. The van der Waals surface area contributed by atoms with Crippen molar-refractivity contribution in [2.45, 2.75) is 6.92 Å². The maximum Gasteiger partial charge on any atom is 0.129 e. The summed E-state index contributed by atoms with van der Waals surface area (Å²) in [5, 5.41) is 0.544. The zero-order valence-corrected chi connectivity index (χ0v) is 8.62. The summed E-state index contributed by atoms with van der Waals surface area (Å²) in [6.07, 6.45) is 0. The molecule has 0 aliphatic heterocycles. The first-order chi connectivity index (χ1) is 6.77. The molecular formula is C12H10ClN. The van der Waals surface area contributed by atoms with E-state index in [4.69, 9.17) is 11.6 Å².